The molecule has 0 unspecified atom stereocenters. The molecule has 4 aromatic carbocycles. The highest BCUT2D eigenvalue weighted by Gasteiger charge is 2.33. The number of piperidine rings is 2. The molecule has 6 aromatic rings. The Labute approximate surface area is 397 Å². The fourth-order valence-electron chi connectivity index (χ4n) is 8.30. The molecule has 16 heteroatoms. The summed E-state index contributed by atoms with van der Waals surface area (Å²) in [4.78, 5) is 62.6. The number of halogens is 3. The van der Waals surface area contributed by atoms with E-state index in [1.807, 2.05) is 66.4 Å². The van der Waals surface area contributed by atoms with Crippen molar-refractivity contribution in [3.63, 3.8) is 0 Å². The van der Waals surface area contributed by atoms with Crippen molar-refractivity contribution < 1.29 is 37.1 Å². The van der Waals surface area contributed by atoms with E-state index in [1.54, 1.807) is 41.6 Å². The Morgan fingerprint density at radius 2 is 1.17 bits per heavy atom. The van der Waals surface area contributed by atoms with Crippen molar-refractivity contribution in [1.29, 1.82) is 10.5 Å². The summed E-state index contributed by atoms with van der Waals surface area (Å²) in [5.74, 6) is -1.18. The number of pyridine rings is 2. The van der Waals surface area contributed by atoms with Crippen molar-refractivity contribution in [2.75, 3.05) is 36.8 Å². The standard InChI is InChI=1S/C27H26N4O2.C26H21F3N4O3/c1-19-4-7-24(16-25(19)30-26(32)15-21-3-2-12-29-18-21)27(33)31-13-10-23(11-14-31)22-8-5-20(17-28)6-9-22;27-26(28,29)36-23-6-5-21(15-22(23)32-24(34)20-7-11-31-12-8-20)25(35)33-13-9-19(10-14-33)18-3-1-17(16-30)2-4-18/h2-9,12,16,18,23H,10-11,13-15H2,1H3,(H,30,32);1-8,11-12,15,19H,9-10,13-14H2,(H,32,34). The predicted molar refractivity (Wildman–Crippen MR) is 251 cm³/mol. The van der Waals surface area contributed by atoms with E-state index >= 15 is 0 Å². The van der Waals surface area contributed by atoms with Gasteiger partial charge in [-0.2, -0.15) is 10.5 Å². The minimum Gasteiger partial charge on any atom is -0.404 e. The fraction of sp³-hybridized carbons (Fsp3) is 0.245. The lowest BCUT2D eigenvalue weighted by Gasteiger charge is -2.32. The number of amides is 4. The number of anilines is 2. The molecule has 0 bridgehead atoms. The molecule has 350 valence electrons. The minimum atomic E-state index is -4.98. The molecule has 4 heterocycles. The maximum absolute atomic E-state index is 13.1. The summed E-state index contributed by atoms with van der Waals surface area (Å²) in [6.07, 6.45) is 4.55. The molecule has 8 rings (SSSR count). The van der Waals surface area contributed by atoms with Crippen molar-refractivity contribution in [3.8, 4) is 17.9 Å². The zero-order valence-electron chi connectivity index (χ0n) is 37.6. The van der Waals surface area contributed by atoms with Gasteiger partial charge in [0.15, 0.2) is 5.75 Å². The second kappa shape index (κ2) is 22.4. The molecule has 0 aliphatic carbocycles. The van der Waals surface area contributed by atoms with Crippen LogP contribution in [0.4, 0.5) is 24.5 Å². The van der Waals surface area contributed by atoms with Gasteiger partial charge in [-0.25, -0.2) is 0 Å². The first-order chi connectivity index (χ1) is 33.3. The quantitative estimate of drug-likeness (QED) is 0.135. The van der Waals surface area contributed by atoms with Crippen LogP contribution in [0.15, 0.2) is 134 Å². The topological polar surface area (TPSA) is 181 Å². The van der Waals surface area contributed by atoms with Crippen LogP contribution >= 0.6 is 0 Å². The van der Waals surface area contributed by atoms with Crippen LogP contribution in [0, 0.1) is 29.6 Å². The van der Waals surface area contributed by atoms with Crippen LogP contribution in [0.3, 0.4) is 0 Å². The molecule has 2 aliphatic heterocycles. The molecule has 0 spiro atoms. The maximum atomic E-state index is 13.1. The Balaban J connectivity index is 0.000000205. The molecule has 13 nitrogen and oxygen atoms in total. The van der Waals surface area contributed by atoms with Gasteiger partial charge in [-0.1, -0.05) is 36.4 Å². The molecule has 4 amide bonds. The Morgan fingerprint density at radius 3 is 1.67 bits per heavy atom. The second-order valence-electron chi connectivity index (χ2n) is 16.7. The van der Waals surface area contributed by atoms with E-state index in [2.05, 4.69) is 37.5 Å². The van der Waals surface area contributed by atoms with E-state index in [0.29, 0.717) is 67.3 Å². The third-order valence-corrected chi connectivity index (χ3v) is 12.1. The molecule has 0 saturated carbocycles. The Hall–Kier alpha value is -8.37. The van der Waals surface area contributed by atoms with Gasteiger partial charge in [-0.15, -0.1) is 13.2 Å². The van der Waals surface area contributed by atoms with Gasteiger partial charge >= 0.3 is 6.36 Å². The summed E-state index contributed by atoms with van der Waals surface area (Å²) in [6.45, 7) is 4.20. The first-order valence-corrected chi connectivity index (χ1v) is 22.3. The monoisotopic (exact) mass is 932 g/mol. The minimum absolute atomic E-state index is 0.0176. The SMILES string of the molecule is Cc1ccc(C(=O)N2CCC(c3ccc(C#N)cc3)CC2)cc1NC(=O)Cc1cccnc1.N#Cc1ccc(C2CCN(C(=O)c3ccc(OC(F)(F)F)c(NC(=O)c4ccncc4)c3)CC2)cc1. The molecule has 0 radical (unpaired) electrons. The van der Waals surface area contributed by atoms with Crippen LogP contribution in [0.1, 0.15) is 102 Å². The lowest BCUT2D eigenvalue weighted by atomic mass is 9.89. The third kappa shape index (κ3) is 13.2. The van der Waals surface area contributed by atoms with Gasteiger partial charge in [0.1, 0.15) is 0 Å². The van der Waals surface area contributed by atoms with Gasteiger partial charge in [0.25, 0.3) is 17.7 Å². The number of nitriles is 2. The van der Waals surface area contributed by atoms with E-state index in [9.17, 15) is 32.3 Å². The van der Waals surface area contributed by atoms with Crippen molar-refractivity contribution >= 4 is 35.0 Å². The lowest BCUT2D eigenvalue weighted by molar-refractivity contribution is -0.274. The number of hydrogen-bond acceptors (Lipinski definition) is 9. The Morgan fingerprint density at radius 1 is 0.652 bits per heavy atom. The highest BCUT2D eigenvalue weighted by molar-refractivity contribution is 6.06. The van der Waals surface area contributed by atoms with E-state index in [4.69, 9.17) is 10.5 Å². The molecular weight excluding hydrogens is 886 g/mol. The third-order valence-electron chi connectivity index (χ3n) is 12.1. The number of aromatic nitrogens is 2. The van der Waals surface area contributed by atoms with Crippen molar-refractivity contribution in [2.45, 2.75) is 57.2 Å². The van der Waals surface area contributed by atoms with Gasteiger partial charge < -0.3 is 25.2 Å². The van der Waals surface area contributed by atoms with Crippen LogP contribution in [-0.2, 0) is 11.2 Å². The number of nitrogens with zero attached hydrogens (tertiary/aromatic N) is 6. The maximum Gasteiger partial charge on any atom is 0.573 e. The molecule has 2 aliphatic rings. The van der Waals surface area contributed by atoms with Crippen LogP contribution in [0.5, 0.6) is 5.75 Å². The van der Waals surface area contributed by atoms with E-state index < -0.39 is 18.0 Å². The van der Waals surface area contributed by atoms with Crippen LogP contribution < -0.4 is 15.4 Å². The number of nitrogens with one attached hydrogen (secondary N) is 2. The Kier molecular flexibility index (Phi) is 15.8. The van der Waals surface area contributed by atoms with Gasteiger partial charge in [0.05, 0.1) is 35.4 Å². The number of benzene rings is 4. The first kappa shape index (κ1) is 48.6. The smallest absolute Gasteiger partial charge is 0.404 e. The summed E-state index contributed by atoms with van der Waals surface area (Å²) in [5.41, 5.74) is 6.58. The zero-order chi connectivity index (χ0) is 48.9. The highest BCUT2D eigenvalue weighted by Crippen LogP contribution is 2.34. The number of carbonyl (C=O) groups excluding carboxylic acids is 4. The average molecular weight is 933 g/mol. The first-order valence-electron chi connectivity index (χ1n) is 22.3. The summed E-state index contributed by atoms with van der Waals surface area (Å²) in [5, 5.41) is 23.3. The van der Waals surface area contributed by atoms with E-state index in [0.717, 1.165) is 35.6 Å². The number of hydrogen-bond donors (Lipinski definition) is 2. The summed E-state index contributed by atoms with van der Waals surface area (Å²) in [7, 11) is 0. The number of ether oxygens (including phenoxy) is 1. The van der Waals surface area contributed by atoms with Gasteiger partial charge in [0, 0.05) is 73.3 Å². The number of likely N-dealkylation sites (tertiary alicyclic amines) is 2. The van der Waals surface area contributed by atoms with Gasteiger partial charge in [-0.05, 0) is 139 Å². The van der Waals surface area contributed by atoms with Gasteiger partial charge in [0.2, 0.25) is 5.91 Å². The molecule has 2 fully saturated rings. The largest absolute Gasteiger partial charge is 0.573 e. The normalized spacial score (nSPS) is 14.0. The molecule has 69 heavy (non-hydrogen) atoms. The van der Waals surface area contributed by atoms with Crippen LogP contribution in [0.2, 0.25) is 0 Å². The highest BCUT2D eigenvalue weighted by atomic mass is 19.4. The summed E-state index contributed by atoms with van der Waals surface area (Å²) >= 11 is 0. The van der Waals surface area contributed by atoms with E-state index in [1.165, 1.54) is 42.2 Å². The number of alkyl halides is 3. The summed E-state index contributed by atoms with van der Waals surface area (Å²) in [6, 6.07) is 34.7. The number of rotatable bonds is 10. The zero-order valence-corrected chi connectivity index (χ0v) is 37.6. The molecule has 2 saturated heterocycles. The second-order valence-corrected chi connectivity index (χ2v) is 16.7. The van der Waals surface area contributed by atoms with Crippen molar-refractivity contribution in [1.82, 2.24) is 19.8 Å². The lowest BCUT2D eigenvalue weighted by Crippen LogP contribution is -2.38. The fourth-order valence-corrected chi connectivity index (χ4v) is 8.30. The number of aryl methyl sites for hydroxylation is 1. The van der Waals surface area contributed by atoms with Gasteiger partial charge in [-0.3, -0.25) is 29.1 Å². The van der Waals surface area contributed by atoms with Crippen molar-refractivity contribution in [3.05, 3.63) is 184 Å². The molecular formula is C53H47F3N8O5. The summed E-state index contributed by atoms with van der Waals surface area (Å²) < 4.78 is 42.8. The molecule has 2 N–H and O–H groups in total. The predicted octanol–water partition coefficient (Wildman–Crippen LogP) is 9.59. The average Bonchev–Trinajstić information content (AvgIpc) is 3.37. The molecule has 0 atom stereocenters. The van der Waals surface area contributed by atoms with Crippen LogP contribution in [0.25, 0.3) is 0 Å². The number of carbonyl (C=O) groups is 4. The van der Waals surface area contributed by atoms with E-state index in [-0.39, 0.29) is 46.9 Å². The Bertz CT molecular complexity index is 2850. The van der Waals surface area contributed by atoms with Crippen molar-refractivity contribution in [2.24, 2.45) is 0 Å². The van der Waals surface area contributed by atoms with Crippen LogP contribution in [-0.4, -0.2) is 75.9 Å². The molecule has 2 aromatic heterocycles.